The molecule has 4 heteroatoms. The summed E-state index contributed by atoms with van der Waals surface area (Å²) in [4.78, 5) is 12.9. The molecule has 1 N–H and O–H groups in total. The van der Waals surface area contributed by atoms with Crippen LogP contribution in [0.5, 0.6) is 5.75 Å². The molecular weight excluding hydrogens is 194 g/mol. The lowest BCUT2D eigenvalue weighted by Gasteiger charge is -2.29. The van der Waals surface area contributed by atoms with E-state index in [0.717, 1.165) is 5.56 Å². The highest BCUT2D eigenvalue weighted by Gasteiger charge is 2.42. The highest BCUT2D eigenvalue weighted by atomic mass is 16.6. The van der Waals surface area contributed by atoms with E-state index in [0.29, 0.717) is 6.61 Å². The molecule has 0 saturated carbocycles. The summed E-state index contributed by atoms with van der Waals surface area (Å²) in [6.07, 6.45) is -0.314. The molecule has 4 nitrogen and oxygen atoms in total. The van der Waals surface area contributed by atoms with Gasteiger partial charge < -0.3 is 9.84 Å². The van der Waals surface area contributed by atoms with Gasteiger partial charge in [-0.15, -0.1) is 0 Å². The molecule has 0 bridgehead atoms. The van der Waals surface area contributed by atoms with E-state index in [4.69, 9.17) is 4.74 Å². The molecule has 15 heavy (non-hydrogen) atoms. The fourth-order valence-electron chi connectivity index (χ4n) is 1.69. The van der Waals surface area contributed by atoms with Gasteiger partial charge >= 0.3 is 6.09 Å². The minimum absolute atomic E-state index is 0.218. The largest absolute Gasteiger partial charge is 0.508 e. The van der Waals surface area contributed by atoms with Crippen LogP contribution in [0.4, 0.5) is 4.79 Å². The van der Waals surface area contributed by atoms with Crippen LogP contribution in [-0.4, -0.2) is 29.8 Å². The van der Waals surface area contributed by atoms with Gasteiger partial charge in [0.15, 0.2) is 0 Å². The highest BCUT2D eigenvalue weighted by Crippen LogP contribution is 2.33. The second kappa shape index (κ2) is 3.15. The number of carbonyl (C=O) groups excluding carboxylic acids is 1. The number of aromatic hydroxyl groups is 1. The van der Waals surface area contributed by atoms with E-state index in [-0.39, 0.29) is 11.8 Å². The minimum Gasteiger partial charge on any atom is -0.508 e. The van der Waals surface area contributed by atoms with Gasteiger partial charge in [-0.3, -0.25) is 4.90 Å². The summed E-state index contributed by atoms with van der Waals surface area (Å²) in [5, 5.41) is 9.19. The van der Waals surface area contributed by atoms with E-state index in [2.05, 4.69) is 0 Å². The molecule has 2 rings (SSSR count). The molecule has 0 aromatic heterocycles. The predicted octanol–water partition coefficient (Wildman–Crippen LogP) is 1.69. The molecule has 1 aliphatic heterocycles. The highest BCUT2D eigenvalue weighted by molar-refractivity contribution is 5.71. The molecular formula is C11H13NO3. The van der Waals surface area contributed by atoms with Crippen LogP contribution in [0.1, 0.15) is 12.5 Å². The summed E-state index contributed by atoms with van der Waals surface area (Å²) in [5.74, 6) is 0.218. The van der Waals surface area contributed by atoms with Crippen molar-refractivity contribution in [3.8, 4) is 5.75 Å². The number of phenols is 1. The molecule has 1 heterocycles. The first kappa shape index (κ1) is 9.83. The number of hydrogen-bond acceptors (Lipinski definition) is 3. The van der Waals surface area contributed by atoms with Crippen molar-refractivity contribution in [2.24, 2.45) is 0 Å². The van der Waals surface area contributed by atoms with E-state index in [1.165, 1.54) is 0 Å². The first-order valence-electron chi connectivity index (χ1n) is 4.74. The quantitative estimate of drug-likeness (QED) is 0.762. The molecule has 0 aliphatic carbocycles. The summed E-state index contributed by atoms with van der Waals surface area (Å²) in [7, 11) is 1.71. The van der Waals surface area contributed by atoms with Crippen molar-refractivity contribution in [3.63, 3.8) is 0 Å². The Balaban J connectivity index is 2.38. The maximum absolute atomic E-state index is 11.3. The number of rotatable bonds is 1. The Morgan fingerprint density at radius 2 is 2.00 bits per heavy atom. The molecule has 1 unspecified atom stereocenters. The van der Waals surface area contributed by atoms with Crippen LogP contribution in [0.3, 0.4) is 0 Å². The zero-order chi connectivity index (χ0) is 11.1. The third kappa shape index (κ3) is 1.42. The number of ether oxygens (including phenoxy) is 1. The predicted molar refractivity (Wildman–Crippen MR) is 54.6 cm³/mol. The number of benzene rings is 1. The van der Waals surface area contributed by atoms with Gasteiger partial charge in [0.05, 0.1) is 0 Å². The molecule has 0 radical (unpaired) electrons. The molecule has 1 aromatic carbocycles. The van der Waals surface area contributed by atoms with Crippen LogP contribution >= 0.6 is 0 Å². The first-order chi connectivity index (χ1) is 7.04. The Morgan fingerprint density at radius 3 is 2.47 bits per heavy atom. The zero-order valence-electron chi connectivity index (χ0n) is 8.73. The second-order valence-electron chi connectivity index (χ2n) is 3.93. The van der Waals surface area contributed by atoms with Gasteiger partial charge in [0.25, 0.3) is 0 Å². The summed E-state index contributed by atoms with van der Waals surface area (Å²) in [5.41, 5.74) is 0.513. The summed E-state index contributed by atoms with van der Waals surface area (Å²) in [6, 6.07) is 6.82. The lowest BCUT2D eigenvalue weighted by molar-refractivity contribution is 0.162. The van der Waals surface area contributed by atoms with Gasteiger partial charge in [-0.2, -0.15) is 0 Å². The lowest BCUT2D eigenvalue weighted by Crippen LogP contribution is -2.39. The molecule has 0 spiro atoms. The number of hydrogen-bond donors (Lipinski definition) is 1. The van der Waals surface area contributed by atoms with Gasteiger partial charge in [0.1, 0.15) is 17.9 Å². The van der Waals surface area contributed by atoms with Crippen molar-refractivity contribution in [2.75, 3.05) is 13.7 Å². The van der Waals surface area contributed by atoms with Crippen LogP contribution in [0, 0.1) is 0 Å². The van der Waals surface area contributed by atoms with E-state index in [1.54, 1.807) is 36.2 Å². The van der Waals surface area contributed by atoms with E-state index < -0.39 is 5.54 Å². The van der Waals surface area contributed by atoms with Gasteiger partial charge in [-0.25, -0.2) is 4.79 Å². The molecule has 1 saturated heterocycles. The lowest BCUT2D eigenvalue weighted by atomic mass is 9.92. The molecule has 80 valence electrons. The van der Waals surface area contributed by atoms with Crippen LogP contribution in [0.25, 0.3) is 0 Å². The van der Waals surface area contributed by atoms with E-state index in [9.17, 15) is 9.90 Å². The van der Waals surface area contributed by atoms with Gasteiger partial charge in [0, 0.05) is 7.05 Å². The van der Waals surface area contributed by atoms with E-state index in [1.807, 2.05) is 6.92 Å². The van der Waals surface area contributed by atoms with Gasteiger partial charge in [-0.1, -0.05) is 12.1 Å². The van der Waals surface area contributed by atoms with Crippen molar-refractivity contribution in [2.45, 2.75) is 12.5 Å². The average Bonchev–Trinajstić information content (AvgIpc) is 2.48. The Hall–Kier alpha value is -1.71. The summed E-state index contributed by atoms with van der Waals surface area (Å²) in [6.45, 7) is 2.28. The molecule has 1 amide bonds. The Morgan fingerprint density at radius 1 is 1.40 bits per heavy atom. The zero-order valence-corrected chi connectivity index (χ0v) is 8.73. The number of nitrogens with zero attached hydrogens (tertiary/aromatic N) is 1. The normalized spacial score (nSPS) is 25.5. The smallest absolute Gasteiger partial charge is 0.410 e. The van der Waals surface area contributed by atoms with Crippen molar-refractivity contribution >= 4 is 6.09 Å². The third-order valence-electron chi connectivity index (χ3n) is 2.98. The maximum atomic E-state index is 11.3. The number of likely N-dealkylation sites (N-methyl/N-ethyl adjacent to an activating group) is 1. The van der Waals surface area contributed by atoms with Crippen LogP contribution < -0.4 is 0 Å². The van der Waals surface area contributed by atoms with Crippen molar-refractivity contribution < 1.29 is 14.6 Å². The summed E-state index contributed by atoms with van der Waals surface area (Å²) < 4.78 is 4.99. The van der Waals surface area contributed by atoms with Crippen LogP contribution in [0.15, 0.2) is 24.3 Å². The van der Waals surface area contributed by atoms with Crippen LogP contribution in [0.2, 0.25) is 0 Å². The molecule has 1 aliphatic rings. The van der Waals surface area contributed by atoms with Crippen molar-refractivity contribution in [1.29, 1.82) is 0 Å². The standard InChI is InChI=1S/C11H13NO3/c1-11(7-15-10(14)12(11)2)8-3-5-9(13)6-4-8/h3-6,13H,7H2,1-2H3. The number of amides is 1. The summed E-state index contributed by atoms with van der Waals surface area (Å²) >= 11 is 0. The van der Waals surface area contributed by atoms with Crippen molar-refractivity contribution in [1.82, 2.24) is 4.90 Å². The first-order valence-corrected chi connectivity index (χ1v) is 4.74. The fourth-order valence-corrected chi connectivity index (χ4v) is 1.69. The Labute approximate surface area is 88.1 Å². The minimum atomic E-state index is -0.440. The van der Waals surface area contributed by atoms with Crippen LogP contribution in [-0.2, 0) is 10.3 Å². The average molecular weight is 207 g/mol. The molecule has 1 fully saturated rings. The Kier molecular flexibility index (Phi) is 2.07. The van der Waals surface area contributed by atoms with Gasteiger partial charge in [-0.05, 0) is 24.6 Å². The number of cyclic esters (lactones) is 1. The van der Waals surface area contributed by atoms with E-state index >= 15 is 0 Å². The number of phenolic OH excluding ortho intramolecular Hbond substituents is 1. The number of carbonyl (C=O) groups is 1. The Bertz CT molecular complexity index is 387. The molecule has 1 atom stereocenters. The monoisotopic (exact) mass is 207 g/mol. The molecule has 1 aromatic rings. The topological polar surface area (TPSA) is 49.8 Å². The second-order valence-corrected chi connectivity index (χ2v) is 3.93. The third-order valence-corrected chi connectivity index (χ3v) is 2.98. The fraction of sp³-hybridized carbons (Fsp3) is 0.364. The maximum Gasteiger partial charge on any atom is 0.410 e. The van der Waals surface area contributed by atoms with Gasteiger partial charge in [0.2, 0.25) is 0 Å². The SMILES string of the molecule is CN1C(=O)OCC1(C)c1ccc(O)cc1. The van der Waals surface area contributed by atoms with Crippen molar-refractivity contribution in [3.05, 3.63) is 29.8 Å².